The number of nitrogens with one attached hydrogen (secondary N) is 2. The zero-order valence-electron chi connectivity index (χ0n) is 14.5. The lowest BCUT2D eigenvalue weighted by Crippen LogP contribution is -2.43. The first kappa shape index (κ1) is 18.4. The van der Waals surface area contributed by atoms with E-state index in [0.29, 0.717) is 18.6 Å². The van der Waals surface area contributed by atoms with Crippen LogP contribution in [-0.4, -0.2) is 49.6 Å². The molecule has 1 heterocycles. The lowest BCUT2D eigenvalue weighted by atomic mass is 10.0. The predicted octanol–water partition coefficient (Wildman–Crippen LogP) is 2.39. The molecule has 21 heavy (non-hydrogen) atoms. The number of likely N-dealkylation sites (N-methyl/N-ethyl adjacent to an activating group) is 1. The first-order chi connectivity index (χ1) is 9.99. The highest BCUT2D eigenvalue weighted by Crippen LogP contribution is 2.12. The Morgan fingerprint density at radius 3 is 2.71 bits per heavy atom. The summed E-state index contributed by atoms with van der Waals surface area (Å²) in [6, 6.07) is 0.836. The lowest BCUT2D eigenvalue weighted by Gasteiger charge is -2.27. The summed E-state index contributed by atoms with van der Waals surface area (Å²) in [6.07, 6.45) is 7.08. The Labute approximate surface area is 131 Å². The average Bonchev–Trinajstić information content (AvgIpc) is 2.66. The predicted molar refractivity (Wildman–Crippen MR) is 89.4 cm³/mol. The maximum atomic E-state index is 12.1. The van der Waals surface area contributed by atoms with Crippen molar-refractivity contribution < 1.29 is 4.79 Å². The number of carbonyl (C=O) groups is 1. The van der Waals surface area contributed by atoms with Crippen molar-refractivity contribution in [3.8, 4) is 0 Å². The highest BCUT2D eigenvalue weighted by molar-refractivity contribution is 5.78. The van der Waals surface area contributed by atoms with E-state index in [1.807, 2.05) is 0 Å². The van der Waals surface area contributed by atoms with Gasteiger partial charge in [-0.25, -0.2) is 0 Å². The van der Waals surface area contributed by atoms with Crippen LogP contribution in [0.25, 0.3) is 0 Å². The third-order valence-electron chi connectivity index (χ3n) is 4.39. The summed E-state index contributed by atoms with van der Waals surface area (Å²) < 4.78 is 0. The quantitative estimate of drug-likeness (QED) is 0.723. The largest absolute Gasteiger partial charge is 0.353 e. The van der Waals surface area contributed by atoms with Gasteiger partial charge in [-0.3, -0.25) is 9.69 Å². The Bertz CT molecular complexity index is 286. The van der Waals surface area contributed by atoms with Crippen molar-refractivity contribution in [3.05, 3.63) is 0 Å². The second kappa shape index (κ2) is 10.2. The molecule has 0 aromatic carbocycles. The fourth-order valence-electron chi connectivity index (χ4n) is 3.02. The monoisotopic (exact) mass is 297 g/mol. The van der Waals surface area contributed by atoms with Gasteiger partial charge in [0.2, 0.25) is 5.91 Å². The van der Waals surface area contributed by atoms with Gasteiger partial charge in [0.1, 0.15) is 0 Å². The molecule has 1 aliphatic heterocycles. The molecule has 0 radical (unpaired) electrons. The number of nitrogens with zero attached hydrogens (tertiary/aromatic N) is 1. The number of hydrogen-bond donors (Lipinski definition) is 2. The van der Waals surface area contributed by atoms with Gasteiger partial charge >= 0.3 is 0 Å². The van der Waals surface area contributed by atoms with E-state index in [1.165, 1.54) is 25.7 Å². The summed E-state index contributed by atoms with van der Waals surface area (Å²) in [6.45, 7) is 9.33. The summed E-state index contributed by atoms with van der Waals surface area (Å²) in [4.78, 5) is 14.3. The van der Waals surface area contributed by atoms with Gasteiger partial charge in [0.15, 0.2) is 0 Å². The molecule has 0 aromatic rings. The fraction of sp³-hybridized carbons (Fsp3) is 0.941. The topological polar surface area (TPSA) is 44.4 Å². The highest BCUT2D eigenvalue weighted by Gasteiger charge is 2.19. The summed E-state index contributed by atoms with van der Waals surface area (Å²) in [7, 11) is 2.08. The second-order valence-electron chi connectivity index (χ2n) is 7.04. The molecule has 2 atom stereocenters. The first-order valence-electron chi connectivity index (χ1n) is 8.69. The van der Waals surface area contributed by atoms with Crippen LogP contribution < -0.4 is 10.6 Å². The van der Waals surface area contributed by atoms with Crippen molar-refractivity contribution in [2.45, 2.75) is 71.4 Å². The van der Waals surface area contributed by atoms with E-state index in [9.17, 15) is 4.79 Å². The van der Waals surface area contributed by atoms with Crippen molar-refractivity contribution in [3.63, 3.8) is 0 Å². The van der Waals surface area contributed by atoms with Gasteiger partial charge in [-0.1, -0.05) is 26.7 Å². The van der Waals surface area contributed by atoms with Crippen LogP contribution in [0.5, 0.6) is 0 Å². The Kier molecular flexibility index (Phi) is 8.93. The molecule has 0 spiro atoms. The van der Waals surface area contributed by atoms with E-state index >= 15 is 0 Å². The van der Waals surface area contributed by atoms with Crippen LogP contribution in [-0.2, 0) is 4.79 Å². The van der Waals surface area contributed by atoms with Crippen LogP contribution in [0.3, 0.4) is 0 Å². The fourth-order valence-corrected chi connectivity index (χ4v) is 3.02. The molecule has 0 aliphatic carbocycles. The van der Waals surface area contributed by atoms with E-state index in [4.69, 9.17) is 0 Å². The van der Waals surface area contributed by atoms with E-state index < -0.39 is 0 Å². The van der Waals surface area contributed by atoms with Crippen molar-refractivity contribution in [2.24, 2.45) is 5.92 Å². The summed E-state index contributed by atoms with van der Waals surface area (Å²) in [5, 5.41) is 6.57. The van der Waals surface area contributed by atoms with Crippen molar-refractivity contribution in [1.82, 2.24) is 15.5 Å². The van der Waals surface area contributed by atoms with E-state index in [1.54, 1.807) is 0 Å². The highest BCUT2D eigenvalue weighted by atomic mass is 16.2. The number of hydrogen-bond acceptors (Lipinski definition) is 3. The van der Waals surface area contributed by atoms with Gasteiger partial charge in [0.25, 0.3) is 0 Å². The molecule has 1 aliphatic rings. The molecule has 2 N–H and O–H groups in total. The normalized spacial score (nSPS) is 21.3. The first-order valence-corrected chi connectivity index (χ1v) is 8.69. The van der Waals surface area contributed by atoms with Gasteiger partial charge in [0, 0.05) is 12.1 Å². The second-order valence-corrected chi connectivity index (χ2v) is 7.04. The van der Waals surface area contributed by atoms with Gasteiger partial charge in [-0.2, -0.15) is 0 Å². The molecule has 4 heteroatoms. The Hall–Kier alpha value is -0.610. The minimum atomic E-state index is 0.173. The summed E-state index contributed by atoms with van der Waals surface area (Å²) in [5.74, 6) is 0.926. The summed E-state index contributed by atoms with van der Waals surface area (Å²) in [5.41, 5.74) is 0. The van der Waals surface area contributed by atoms with Gasteiger partial charge < -0.3 is 10.6 Å². The minimum Gasteiger partial charge on any atom is -0.353 e. The SMILES string of the molecule is CC(C)CCCC(C)NC(=O)CN(C)C1CCCNCC1. The third-order valence-corrected chi connectivity index (χ3v) is 4.39. The molecule has 1 saturated heterocycles. The maximum absolute atomic E-state index is 12.1. The molecule has 1 amide bonds. The molecule has 124 valence electrons. The smallest absolute Gasteiger partial charge is 0.234 e. The number of rotatable bonds is 8. The van der Waals surface area contributed by atoms with Gasteiger partial charge in [-0.05, 0) is 58.7 Å². The Morgan fingerprint density at radius 2 is 2.00 bits per heavy atom. The molecular weight excluding hydrogens is 262 g/mol. The third kappa shape index (κ3) is 8.42. The standard InChI is InChI=1S/C17H35N3O/c1-14(2)7-5-8-15(3)19-17(21)13-20(4)16-9-6-11-18-12-10-16/h14-16,18H,5-13H2,1-4H3,(H,19,21). The average molecular weight is 297 g/mol. The van der Waals surface area contributed by atoms with Gasteiger partial charge in [-0.15, -0.1) is 0 Å². The number of amides is 1. The van der Waals surface area contributed by atoms with Crippen molar-refractivity contribution in [2.75, 3.05) is 26.7 Å². The van der Waals surface area contributed by atoms with Crippen LogP contribution in [0.15, 0.2) is 0 Å². The van der Waals surface area contributed by atoms with E-state index in [-0.39, 0.29) is 5.91 Å². The number of carbonyl (C=O) groups excluding carboxylic acids is 1. The molecule has 1 fully saturated rings. The van der Waals surface area contributed by atoms with Crippen LogP contribution in [0.4, 0.5) is 0 Å². The Morgan fingerprint density at radius 1 is 1.24 bits per heavy atom. The molecule has 4 nitrogen and oxygen atoms in total. The van der Waals surface area contributed by atoms with Crippen LogP contribution >= 0.6 is 0 Å². The molecule has 0 bridgehead atoms. The minimum absolute atomic E-state index is 0.173. The maximum Gasteiger partial charge on any atom is 0.234 e. The van der Waals surface area contributed by atoms with Crippen LogP contribution in [0.2, 0.25) is 0 Å². The van der Waals surface area contributed by atoms with E-state index in [0.717, 1.165) is 31.8 Å². The Balaban J connectivity index is 2.21. The molecule has 1 rings (SSSR count). The molecule has 0 saturated carbocycles. The summed E-state index contributed by atoms with van der Waals surface area (Å²) >= 11 is 0. The van der Waals surface area contributed by atoms with E-state index in [2.05, 4.69) is 43.4 Å². The molecular formula is C17H35N3O. The van der Waals surface area contributed by atoms with Crippen LogP contribution in [0.1, 0.15) is 59.3 Å². The molecule has 2 unspecified atom stereocenters. The molecule has 0 aromatic heterocycles. The zero-order valence-corrected chi connectivity index (χ0v) is 14.5. The van der Waals surface area contributed by atoms with Gasteiger partial charge in [0.05, 0.1) is 6.54 Å². The lowest BCUT2D eigenvalue weighted by molar-refractivity contribution is -0.123. The van der Waals surface area contributed by atoms with Crippen LogP contribution in [0, 0.1) is 5.92 Å². The van der Waals surface area contributed by atoms with Crippen molar-refractivity contribution >= 4 is 5.91 Å². The zero-order chi connectivity index (χ0) is 15.7. The van der Waals surface area contributed by atoms with Crippen molar-refractivity contribution in [1.29, 1.82) is 0 Å².